The van der Waals surface area contributed by atoms with Gasteiger partial charge in [-0.25, -0.2) is 8.42 Å². The van der Waals surface area contributed by atoms with Gasteiger partial charge in [-0.3, -0.25) is 0 Å². The van der Waals surface area contributed by atoms with Gasteiger partial charge < -0.3 is 9.15 Å². The van der Waals surface area contributed by atoms with Crippen LogP contribution in [0.5, 0.6) is 0 Å². The first-order valence-electron chi connectivity index (χ1n) is 7.23. The Kier molecular flexibility index (Phi) is 4.67. The van der Waals surface area contributed by atoms with Crippen LogP contribution in [0.4, 0.5) is 0 Å². The van der Waals surface area contributed by atoms with E-state index in [2.05, 4.69) is 0 Å². The summed E-state index contributed by atoms with van der Waals surface area (Å²) in [5, 5.41) is 1.96. The molecule has 1 atom stereocenters. The van der Waals surface area contributed by atoms with Gasteiger partial charge in [-0.05, 0) is 36.9 Å². The van der Waals surface area contributed by atoms with E-state index in [4.69, 9.17) is 9.15 Å². The summed E-state index contributed by atoms with van der Waals surface area (Å²) in [7, 11) is -3.28. The normalized spacial score (nSPS) is 20.3. The monoisotopic (exact) mass is 341 g/mol. The van der Waals surface area contributed by atoms with Gasteiger partial charge >= 0.3 is 0 Å². The maximum atomic E-state index is 12.5. The highest BCUT2D eigenvalue weighted by Crippen LogP contribution is 2.25. The number of hydrogen-bond acceptors (Lipinski definition) is 5. The molecule has 2 aromatic rings. The third-order valence-corrected chi connectivity index (χ3v) is 6.46. The fourth-order valence-corrected chi connectivity index (χ4v) is 4.78. The molecule has 1 aliphatic rings. The molecule has 0 N–H and O–H groups in total. The largest absolute Gasteiger partial charge is 0.464 e. The molecule has 0 aromatic carbocycles. The molecule has 1 fully saturated rings. The van der Waals surface area contributed by atoms with Gasteiger partial charge in [0.25, 0.3) is 0 Å². The Balaban J connectivity index is 1.65. The van der Waals surface area contributed by atoms with Crippen LogP contribution in [0.3, 0.4) is 0 Å². The molecule has 0 amide bonds. The molecule has 22 heavy (non-hydrogen) atoms. The molecule has 5 nitrogen and oxygen atoms in total. The maximum absolute atomic E-state index is 12.5. The van der Waals surface area contributed by atoms with Crippen LogP contribution >= 0.6 is 11.3 Å². The van der Waals surface area contributed by atoms with Gasteiger partial charge in [-0.2, -0.15) is 4.31 Å². The molecule has 0 aliphatic carbocycles. The number of thiophene rings is 1. The number of ether oxygens (including phenoxy) is 1. The van der Waals surface area contributed by atoms with E-state index >= 15 is 0 Å². The summed E-state index contributed by atoms with van der Waals surface area (Å²) in [5.74, 6) is 1.63. The first kappa shape index (κ1) is 15.7. The van der Waals surface area contributed by atoms with Gasteiger partial charge in [0.1, 0.15) is 17.6 Å². The van der Waals surface area contributed by atoms with Crippen molar-refractivity contribution in [2.75, 3.05) is 25.4 Å². The first-order valence-corrected chi connectivity index (χ1v) is 9.71. The van der Waals surface area contributed by atoms with Gasteiger partial charge in [-0.1, -0.05) is 6.07 Å². The molecule has 0 spiro atoms. The van der Waals surface area contributed by atoms with Crippen molar-refractivity contribution in [1.82, 2.24) is 4.31 Å². The van der Waals surface area contributed by atoms with E-state index < -0.39 is 10.0 Å². The zero-order chi connectivity index (χ0) is 15.6. The number of rotatable bonds is 5. The van der Waals surface area contributed by atoms with Gasteiger partial charge in [0.05, 0.1) is 12.4 Å². The summed E-state index contributed by atoms with van der Waals surface area (Å²) in [6.45, 7) is 2.98. The SMILES string of the molecule is Cc1ccc([C@@H]2CN(S(=O)(=O)CCc3cccs3)CCO2)o1. The molecule has 0 radical (unpaired) electrons. The number of sulfonamides is 1. The third kappa shape index (κ3) is 3.60. The Morgan fingerprint density at radius 3 is 2.91 bits per heavy atom. The topological polar surface area (TPSA) is 59.8 Å². The fraction of sp³-hybridized carbons (Fsp3) is 0.467. The molecule has 3 heterocycles. The molecule has 0 bridgehead atoms. The van der Waals surface area contributed by atoms with Crippen molar-refractivity contribution in [2.24, 2.45) is 0 Å². The smallest absolute Gasteiger partial charge is 0.214 e. The van der Waals surface area contributed by atoms with Gasteiger partial charge in [0.2, 0.25) is 10.0 Å². The summed E-state index contributed by atoms with van der Waals surface area (Å²) < 4.78 is 37.7. The van der Waals surface area contributed by atoms with Crippen molar-refractivity contribution < 1.29 is 17.6 Å². The molecule has 2 aromatic heterocycles. The van der Waals surface area contributed by atoms with Crippen molar-refractivity contribution in [1.29, 1.82) is 0 Å². The van der Waals surface area contributed by atoms with Crippen molar-refractivity contribution in [3.8, 4) is 0 Å². The van der Waals surface area contributed by atoms with Gasteiger partial charge in [-0.15, -0.1) is 11.3 Å². The Morgan fingerprint density at radius 1 is 1.36 bits per heavy atom. The first-order chi connectivity index (χ1) is 10.5. The molecule has 1 aliphatic heterocycles. The Labute approximate surface area is 134 Å². The Hall–Kier alpha value is -1.15. The van der Waals surface area contributed by atoms with E-state index in [-0.39, 0.29) is 11.9 Å². The predicted octanol–water partition coefficient (Wildman–Crippen LogP) is 2.60. The highest BCUT2D eigenvalue weighted by molar-refractivity contribution is 7.89. The maximum Gasteiger partial charge on any atom is 0.214 e. The lowest BCUT2D eigenvalue weighted by atomic mass is 10.2. The Morgan fingerprint density at radius 2 is 2.23 bits per heavy atom. The molecular formula is C15H19NO4S2. The molecule has 120 valence electrons. The van der Waals surface area contributed by atoms with Gasteiger partial charge in [0, 0.05) is 18.0 Å². The summed E-state index contributed by atoms with van der Waals surface area (Å²) >= 11 is 1.59. The second-order valence-electron chi connectivity index (χ2n) is 5.31. The van der Waals surface area contributed by atoms with E-state index in [1.165, 1.54) is 4.31 Å². The van der Waals surface area contributed by atoms with E-state index in [1.807, 2.05) is 36.6 Å². The summed E-state index contributed by atoms with van der Waals surface area (Å²) in [4.78, 5) is 1.09. The number of nitrogens with zero attached hydrogens (tertiary/aromatic N) is 1. The van der Waals surface area contributed by atoms with Crippen molar-refractivity contribution in [3.63, 3.8) is 0 Å². The lowest BCUT2D eigenvalue weighted by Crippen LogP contribution is -2.43. The zero-order valence-corrected chi connectivity index (χ0v) is 14.0. The minimum Gasteiger partial charge on any atom is -0.464 e. The molecule has 3 rings (SSSR count). The molecule has 0 unspecified atom stereocenters. The fourth-order valence-electron chi connectivity index (χ4n) is 2.49. The lowest BCUT2D eigenvalue weighted by molar-refractivity contribution is -0.0145. The molecule has 7 heteroatoms. The zero-order valence-electron chi connectivity index (χ0n) is 12.4. The number of hydrogen-bond donors (Lipinski definition) is 0. The van der Waals surface area contributed by atoms with Crippen LogP contribution in [0.15, 0.2) is 34.1 Å². The minimum absolute atomic E-state index is 0.136. The molecule has 0 saturated carbocycles. The van der Waals surface area contributed by atoms with Crippen LogP contribution in [0.2, 0.25) is 0 Å². The minimum atomic E-state index is -3.28. The predicted molar refractivity (Wildman–Crippen MR) is 85.5 cm³/mol. The molecule has 1 saturated heterocycles. The second kappa shape index (κ2) is 6.54. The van der Waals surface area contributed by atoms with E-state index in [0.717, 1.165) is 10.6 Å². The highest BCUT2D eigenvalue weighted by atomic mass is 32.2. The van der Waals surface area contributed by atoms with Crippen LogP contribution in [-0.2, 0) is 21.2 Å². The van der Waals surface area contributed by atoms with Crippen LogP contribution in [0.1, 0.15) is 22.5 Å². The number of morpholine rings is 1. The standard InChI is InChI=1S/C15H19NO4S2/c1-12-4-5-14(20-12)15-11-16(7-8-19-15)22(17,18)10-6-13-3-2-9-21-13/h2-5,9,15H,6-8,10-11H2,1H3/t15-/m0/s1. The third-order valence-electron chi connectivity index (χ3n) is 3.69. The van der Waals surface area contributed by atoms with Crippen molar-refractivity contribution in [3.05, 3.63) is 46.0 Å². The number of aryl methyl sites for hydroxylation is 2. The van der Waals surface area contributed by atoms with Crippen molar-refractivity contribution in [2.45, 2.75) is 19.4 Å². The highest BCUT2D eigenvalue weighted by Gasteiger charge is 2.31. The van der Waals surface area contributed by atoms with Crippen LogP contribution < -0.4 is 0 Å². The lowest BCUT2D eigenvalue weighted by Gasteiger charge is -2.31. The average Bonchev–Trinajstić information content (AvgIpc) is 3.17. The van der Waals surface area contributed by atoms with E-state index in [0.29, 0.717) is 31.9 Å². The number of furan rings is 1. The van der Waals surface area contributed by atoms with Crippen molar-refractivity contribution >= 4 is 21.4 Å². The van der Waals surface area contributed by atoms with Crippen LogP contribution in [0.25, 0.3) is 0 Å². The summed E-state index contributed by atoms with van der Waals surface area (Å²) in [6, 6.07) is 7.62. The van der Waals surface area contributed by atoms with E-state index in [9.17, 15) is 8.42 Å². The summed E-state index contributed by atoms with van der Waals surface area (Å²) in [5.41, 5.74) is 0. The average molecular weight is 341 g/mol. The summed E-state index contributed by atoms with van der Waals surface area (Å²) in [6.07, 6.45) is 0.237. The van der Waals surface area contributed by atoms with E-state index in [1.54, 1.807) is 11.3 Å². The Bertz CT molecular complexity index is 706. The van der Waals surface area contributed by atoms with Crippen LogP contribution in [-0.4, -0.2) is 38.2 Å². The second-order valence-corrected chi connectivity index (χ2v) is 8.43. The molecular weight excluding hydrogens is 322 g/mol. The van der Waals surface area contributed by atoms with Crippen LogP contribution in [0, 0.1) is 6.92 Å². The quantitative estimate of drug-likeness (QED) is 0.839. The van der Waals surface area contributed by atoms with Gasteiger partial charge in [0.15, 0.2) is 0 Å².